The molecule has 0 aromatic carbocycles. The highest BCUT2D eigenvalue weighted by Crippen LogP contribution is 2.11. The minimum atomic E-state index is -1.65. The predicted octanol–water partition coefficient (Wildman–Crippen LogP) is -4.19. The Hall–Kier alpha value is -5.60. The van der Waals surface area contributed by atoms with Crippen molar-refractivity contribution in [1.29, 1.82) is 0 Å². The van der Waals surface area contributed by atoms with Crippen molar-refractivity contribution in [3.05, 3.63) is 0 Å². The first-order chi connectivity index (χ1) is 31.8. The fraction of sp³-hybridized carbons (Fsp3) is 0.738. The number of carboxylic acids is 1. The molecular formula is C42H76N12O13S. The Morgan fingerprint density at radius 2 is 0.853 bits per heavy atom. The number of unbranched alkanes of at least 4 members (excludes halogenated alkanes) is 1. The summed E-state index contributed by atoms with van der Waals surface area (Å²) in [6.45, 7) is 8.86. The SMILES string of the molecule is CSCC[C@H](N)C(=O)N[C@@H](C)C(=O)N[C@@H](C)C(=O)N[C@@H](CO)C(=O)N[C@@H](CCCCN)C(=O)N[C@@H](CCC(N)=O)C(=O)N[C@@H](CC(C)C)C(=O)N[C@@H](CCC(N)=O)C(=O)N[C@@H](CC(C)C)C(=O)O. The van der Waals surface area contributed by atoms with E-state index in [1.165, 1.54) is 25.6 Å². The van der Waals surface area contributed by atoms with Crippen LogP contribution in [0, 0.1) is 11.8 Å². The molecule has 0 heterocycles. The average molecular weight is 989 g/mol. The van der Waals surface area contributed by atoms with Gasteiger partial charge in [0.1, 0.15) is 48.3 Å². The van der Waals surface area contributed by atoms with Crippen LogP contribution in [-0.4, -0.2) is 155 Å². The first-order valence-electron chi connectivity index (χ1n) is 22.6. The molecule has 25 nitrogen and oxygen atoms in total. The van der Waals surface area contributed by atoms with Crippen molar-refractivity contribution in [2.24, 2.45) is 34.8 Å². The van der Waals surface area contributed by atoms with Crippen LogP contribution in [0.1, 0.15) is 106 Å². The number of nitrogens with one attached hydrogen (secondary N) is 8. The van der Waals surface area contributed by atoms with Gasteiger partial charge in [-0.05, 0) is 95.6 Å². The van der Waals surface area contributed by atoms with E-state index in [1.54, 1.807) is 27.7 Å². The van der Waals surface area contributed by atoms with Crippen LogP contribution in [0.4, 0.5) is 0 Å². The fourth-order valence-electron chi connectivity index (χ4n) is 6.29. The Balaban J connectivity index is 6.32. The number of primary amides is 2. The second kappa shape index (κ2) is 33.0. The number of nitrogens with two attached hydrogens (primary N) is 4. The summed E-state index contributed by atoms with van der Waals surface area (Å²) in [5.74, 6) is -9.78. The summed E-state index contributed by atoms with van der Waals surface area (Å²) < 4.78 is 0. The molecule has 0 aliphatic heterocycles. The van der Waals surface area contributed by atoms with Gasteiger partial charge in [0.25, 0.3) is 0 Å². The van der Waals surface area contributed by atoms with Crippen LogP contribution in [0.25, 0.3) is 0 Å². The predicted molar refractivity (Wildman–Crippen MR) is 251 cm³/mol. The summed E-state index contributed by atoms with van der Waals surface area (Å²) in [6.07, 6.45) is 1.36. The van der Waals surface area contributed by atoms with Crippen molar-refractivity contribution in [2.45, 2.75) is 160 Å². The number of aliphatic hydroxyl groups is 1. The van der Waals surface area contributed by atoms with Gasteiger partial charge in [-0.2, -0.15) is 11.8 Å². The molecular weight excluding hydrogens is 913 g/mol. The monoisotopic (exact) mass is 989 g/mol. The first-order valence-corrected chi connectivity index (χ1v) is 23.9. The van der Waals surface area contributed by atoms with Gasteiger partial charge in [0.05, 0.1) is 12.6 Å². The van der Waals surface area contributed by atoms with E-state index in [0.717, 1.165) is 0 Å². The third-order valence-electron chi connectivity index (χ3n) is 10.2. The molecule has 0 saturated carbocycles. The van der Waals surface area contributed by atoms with Crippen molar-refractivity contribution < 1.29 is 63.0 Å². The summed E-state index contributed by atoms with van der Waals surface area (Å²) in [5, 5.41) is 39.2. The molecule has 0 aliphatic carbocycles. The highest BCUT2D eigenvalue weighted by atomic mass is 32.2. The number of rotatable bonds is 35. The standard InChI is InChI=1S/C42H76N12O13S/c1-21(2)18-29(40(64)51-28(12-14-33(46)57)39(63)53-30(42(66)67)19-22(3)4)52-38(62)27(11-13-32(45)56)50-37(61)26(10-8-9-16-43)49-41(65)31(20-55)54-35(59)24(6)47-34(58)23(5)48-36(60)25(44)15-17-68-7/h21-31,55H,8-20,43-44H2,1-7H3,(H2,45,56)(H2,46,57)(H,47,58)(H,48,60)(H,49,65)(H,50,61)(H,51,64)(H,52,62)(H,53,63)(H,54,59)(H,66,67)/t23-,24-,25-,26-,27-,28-,29-,30-,31-/m0/s1. The van der Waals surface area contributed by atoms with E-state index in [0.29, 0.717) is 18.6 Å². The van der Waals surface area contributed by atoms with E-state index in [-0.39, 0.29) is 63.3 Å². The minimum absolute atomic E-state index is 0.0273. The average Bonchev–Trinajstić information content (AvgIpc) is 3.25. The zero-order chi connectivity index (χ0) is 52.3. The van der Waals surface area contributed by atoms with Crippen LogP contribution in [0.3, 0.4) is 0 Å². The molecule has 388 valence electrons. The van der Waals surface area contributed by atoms with Crippen LogP contribution < -0.4 is 65.5 Å². The van der Waals surface area contributed by atoms with E-state index >= 15 is 0 Å². The molecule has 0 saturated heterocycles. The molecule has 68 heavy (non-hydrogen) atoms. The summed E-state index contributed by atoms with van der Waals surface area (Å²) >= 11 is 1.49. The van der Waals surface area contributed by atoms with Gasteiger partial charge in [-0.1, -0.05) is 27.7 Å². The third kappa shape index (κ3) is 25.5. The fourth-order valence-corrected chi connectivity index (χ4v) is 6.78. The van der Waals surface area contributed by atoms with Crippen LogP contribution >= 0.6 is 11.8 Å². The molecule has 26 heteroatoms. The highest BCUT2D eigenvalue weighted by Gasteiger charge is 2.34. The van der Waals surface area contributed by atoms with Crippen molar-refractivity contribution in [1.82, 2.24) is 42.5 Å². The smallest absolute Gasteiger partial charge is 0.326 e. The Morgan fingerprint density at radius 3 is 1.26 bits per heavy atom. The van der Waals surface area contributed by atoms with E-state index < -0.39 is 132 Å². The topological polar surface area (TPSA) is 429 Å². The van der Waals surface area contributed by atoms with E-state index in [9.17, 15) is 63.0 Å². The maximum atomic E-state index is 13.9. The third-order valence-corrected chi connectivity index (χ3v) is 10.8. The van der Waals surface area contributed by atoms with Crippen molar-refractivity contribution in [2.75, 3.05) is 25.2 Å². The largest absolute Gasteiger partial charge is 0.480 e. The summed E-state index contributed by atoms with van der Waals surface area (Å²) in [7, 11) is 0. The van der Waals surface area contributed by atoms with E-state index in [4.69, 9.17) is 22.9 Å². The molecule has 0 unspecified atom stereocenters. The minimum Gasteiger partial charge on any atom is -0.480 e. The molecule has 0 rings (SSSR count). The normalized spacial score (nSPS) is 15.1. The lowest BCUT2D eigenvalue weighted by Gasteiger charge is -2.28. The summed E-state index contributed by atoms with van der Waals surface area (Å²) in [5.41, 5.74) is 22.2. The number of thioether (sulfide) groups is 1. The van der Waals surface area contributed by atoms with Gasteiger partial charge in [0.15, 0.2) is 0 Å². The second-order valence-electron chi connectivity index (χ2n) is 17.3. The maximum Gasteiger partial charge on any atom is 0.326 e. The number of carbonyl (C=O) groups excluding carboxylic acids is 10. The number of hydrogen-bond acceptors (Lipinski definition) is 15. The maximum absolute atomic E-state index is 13.9. The molecule has 0 spiro atoms. The molecule has 18 N–H and O–H groups in total. The van der Waals surface area contributed by atoms with Crippen molar-refractivity contribution in [3.63, 3.8) is 0 Å². The van der Waals surface area contributed by atoms with Gasteiger partial charge in [-0.15, -0.1) is 0 Å². The Bertz CT molecular complexity index is 1720. The van der Waals surface area contributed by atoms with Gasteiger partial charge in [0, 0.05) is 12.8 Å². The lowest BCUT2D eigenvalue weighted by Crippen LogP contribution is -2.60. The van der Waals surface area contributed by atoms with Crippen LogP contribution in [0.2, 0.25) is 0 Å². The molecule has 0 fully saturated rings. The summed E-state index contributed by atoms with van der Waals surface area (Å²) in [6, 6.07) is -12.0. The Labute approximate surface area is 401 Å². The number of hydrogen-bond donors (Lipinski definition) is 14. The molecule has 0 aromatic heterocycles. The number of aliphatic hydroxyl groups excluding tert-OH is 1. The lowest BCUT2D eigenvalue weighted by atomic mass is 10.00. The molecule has 0 aromatic rings. The first kappa shape index (κ1) is 62.4. The van der Waals surface area contributed by atoms with Crippen LogP contribution in [-0.2, 0) is 52.7 Å². The molecule has 10 amide bonds. The Morgan fingerprint density at radius 1 is 0.485 bits per heavy atom. The van der Waals surface area contributed by atoms with Gasteiger partial charge in [-0.3, -0.25) is 47.9 Å². The van der Waals surface area contributed by atoms with E-state index in [1.807, 2.05) is 6.26 Å². The van der Waals surface area contributed by atoms with Gasteiger partial charge >= 0.3 is 5.97 Å². The zero-order valence-corrected chi connectivity index (χ0v) is 41.0. The van der Waals surface area contributed by atoms with Crippen molar-refractivity contribution >= 4 is 76.8 Å². The number of carboxylic acid groups (broad SMARTS) is 1. The van der Waals surface area contributed by atoms with Crippen LogP contribution in [0.5, 0.6) is 0 Å². The molecule has 9 atom stereocenters. The zero-order valence-electron chi connectivity index (χ0n) is 40.1. The van der Waals surface area contributed by atoms with Gasteiger partial charge < -0.3 is 75.7 Å². The highest BCUT2D eigenvalue weighted by molar-refractivity contribution is 7.98. The molecule has 0 radical (unpaired) electrons. The van der Waals surface area contributed by atoms with E-state index in [2.05, 4.69) is 42.5 Å². The molecule has 0 aliphatic rings. The van der Waals surface area contributed by atoms with Crippen LogP contribution in [0.15, 0.2) is 0 Å². The number of carbonyl (C=O) groups is 11. The molecule has 0 bridgehead atoms. The quantitative estimate of drug-likeness (QED) is 0.0268. The lowest BCUT2D eigenvalue weighted by molar-refractivity contribution is -0.143. The second-order valence-corrected chi connectivity index (χ2v) is 18.3. The van der Waals surface area contributed by atoms with Gasteiger partial charge in [-0.25, -0.2) is 4.79 Å². The number of amides is 10. The Kier molecular flexibility index (Phi) is 30.3. The summed E-state index contributed by atoms with van der Waals surface area (Å²) in [4.78, 5) is 142. The number of aliphatic carboxylic acids is 1. The van der Waals surface area contributed by atoms with Gasteiger partial charge in [0.2, 0.25) is 59.1 Å². The van der Waals surface area contributed by atoms with Crippen molar-refractivity contribution in [3.8, 4) is 0 Å².